The Morgan fingerprint density at radius 3 is 2.64 bits per heavy atom. The predicted octanol–water partition coefficient (Wildman–Crippen LogP) is 3.03. The molecular formula is C16H10F2N4O2S. The number of anilines is 1. The molecule has 0 saturated carbocycles. The van der Waals surface area contributed by atoms with Crippen LogP contribution in [0.15, 0.2) is 53.7 Å². The van der Waals surface area contributed by atoms with E-state index in [1.807, 2.05) is 4.72 Å². The number of halogens is 2. The first kappa shape index (κ1) is 16.6. The summed E-state index contributed by atoms with van der Waals surface area (Å²) < 4.78 is 54.2. The van der Waals surface area contributed by atoms with Crippen molar-refractivity contribution in [2.75, 3.05) is 4.72 Å². The molecule has 0 amide bonds. The van der Waals surface area contributed by atoms with Crippen LogP contribution in [0.4, 0.5) is 14.5 Å². The fraction of sp³-hybridized carbons (Fsp3) is 0. The number of rotatable bonds is 4. The molecule has 2 aromatic heterocycles. The number of sulfonamides is 1. The number of aromatic amines is 1. The molecule has 126 valence electrons. The predicted molar refractivity (Wildman–Crippen MR) is 85.9 cm³/mol. The molecule has 0 atom stereocenters. The number of hydrogen-bond acceptors (Lipinski definition) is 4. The summed E-state index contributed by atoms with van der Waals surface area (Å²) in [6.45, 7) is 0. The van der Waals surface area contributed by atoms with Gasteiger partial charge in [-0.05, 0) is 24.3 Å². The number of nitrogens with zero attached hydrogens (tertiary/aromatic N) is 2. The second kappa shape index (κ2) is 6.33. The van der Waals surface area contributed by atoms with Gasteiger partial charge in [-0.3, -0.25) is 9.71 Å². The normalized spacial score (nSPS) is 11.1. The Labute approximate surface area is 141 Å². The summed E-state index contributed by atoms with van der Waals surface area (Å²) in [5.41, 5.74) is -0.122. The summed E-state index contributed by atoms with van der Waals surface area (Å²) >= 11 is 0. The van der Waals surface area contributed by atoms with Crippen molar-refractivity contribution in [2.24, 2.45) is 0 Å². The van der Waals surface area contributed by atoms with Gasteiger partial charge in [0.25, 0.3) is 10.0 Å². The molecule has 0 saturated heterocycles. The lowest BCUT2D eigenvalue weighted by molar-refractivity contribution is 0.593. The van der Waals surface area contributed by atoms with E-state index < -0.39 is 32.9 Å². The minimum atomic E-state index is -4.16. The van der Waals surface area contributed by atoms with Crippen molar-refractivity contribution >= 4 is 15.7 Å². The summed E-state index contributed by atoms with van der Waals surface area (Å²) in [5, 5.41) is 8.65. The van der Waals surface area contributed by atoms with Gasteiger partial charge in [0, 0.05) is 18.5 Å². The zero-order valence-corrected chi connectivity index (χ0v) is 13.3. The minimum Gasteiger partial charge on any atom is -0.359 e. The lowest BCUT2D eigenvalue weighted by atomic mass is 10.2. The highest BCUT2D eigenvalue weighted by Crippen LogP contribution is 2.24. The Morgan fingerprint density at radius 1 is 1.16 bits per heavy atom. The van der Waals surface area contributed by atoms with Crippen LogP contribution >= 0.6 is 0 Å². The maximum absolute atomic E-state index is 13.9. The molecular weight excluding hydrogens is 350 g/mol. The van der Waals surface area contributed by atoms with Crippen molar-refractivity contribution in [3.63, 3.8) is 0 Å². The highest BCUT2D eigenvalue weighted by Gasteiger charge is 2.20. The van der Waals surface area contributed by atoms with Crippen molar-refractivity contribution < 1.29 is 17.2 Å². The molecule has 0 spiro atoms. The number of nitrogens with one attached hydrogen (secondary N) is 2. The second-order valence-corrected chi connectivity index (χ2v) is 6.68. The van der Waals surface area contributed by atoms with Crippen LogP contribution in [0.3, 0.4) is 0 Å². The minimum absolute atomic E-state index is 0.169. The van der Waals surface area contributed by atoms with E-state index >= 15 is 0 Å². The van der Waals surface area contributed by atoms with Gasteiger partial charge in [0.2, 0.25) is 0 Å². The monoisotopic (exact) mass is 360 g/mol. The SMILES string of the molecule is N#Cc1cc(F)c(NS(=O)(=O)c2c[nH]c(-c3ccccn3)c2)cc1F. The van der Waals surface area contributed by atoms with Crippen LogP contribution in [0.1, 0.15) is 5.56 Å². The number of pyridine rings is 1. The van der Waals surface area contributed by atoms with Gasteiger partial charge < -0.3 is 4.98 Å². The molecule has 0 aliphatic carbocycles. The van der Waals surface area contributed by atoms with E-state index in [0.717, 1.165) is 0 Å². The molecule has 25 heavy (non-hydrogen) atoms. The lowest BCUT2D eigenvalue weighted by Crippen LogP contribution is -2.13. The average Bonchev–Trinajstić information content (AvgIpc) is 3.09. The van der Waals surface area contributed by atoms with Gasteiger partial charge >= 0.3 is 0 Å². The van der Waals surface area contributed by atoms with E-state index in [1.54, 1.807) is 24.4 Å². The van der Waals surface area contributed by atoms with Gasteiger partial charge in [0.1, 0.15) is 22.6 Å². The standard InChI is InChI=1S/C16H10F2N4O2S/c17-12-7-15(13(18)5-10(12)8-19)22-25(23,24)11-6-16(21-9-11)14-3-1-2-4-20-14/h1-7,9,21-22H. The Kier molecular flexibility index (Phi) is 4.21. The molecule has 0 unspecified atom stereocenters. The molecule has 1 aromatic carbocycles. The zero-order chi connectivity index (χ0) is 18.0. The van der Waals surface area contributed by atoms with E-state index in [0.29, 0.717) is 23.5 Å². The number of aromatic nitrogens is 2. The number of H-pyrrole nitrogens is 1. The highest BCUT2D eigenvalue weighted by molar-refractivity contribution is 7.92. The van der Waals surface area contributed by atoms with Gasteiger partial charge in [0.15, 0.2) is 0 Å². The molecule has 0 fully saturated rings. The molecule has 3 aromatic rings. The van der Waals surface area contributed by atoms with Crippen molar-refractivity contribution in [1.29, 1.82) is 5.26 Å². The van der Waals surface area contributed by atoms with Crippen molar-refractivity contribution in [2.45, 2.75) is 4.90 Å². The smallest absolute Gasteiger partial charge is 0.263 e. The van der Waals surface area contributed by atoms with Gasteiger partial charge in [-0.1, -0.05) is 6.07 Å². The molecule has 0 bridgehead atoms. The van der Waals surface area contributed by atoms with Crippen molar-refractivity contribution in [3.8, 4) is 17.5 Å². The van der Waals surface area contributed by atoms with E-state index in [9.17, 15) is 17.2 Å². The van der Waals surface area contributed by atoms with Crippen LogP contribution in [-0.4, -0.2) is 18.4 Å². The Balaban J connectivity index is 1.92. The summed E-state index contributed by atoms with van der Waals surface area (Å²) in [6.07, 6.45) is 2.77. The van der Waals surface area contributed by atoms with Gasteiger partial charge in [0.05, 0.1) is 22.6 Å². The summed E-state index contributed by atoms with van der Waals surface area (Å²) in [5.74, 6) is -2.08. The van der Waals surface area contributed by atoms with Crippen LogP contribution in [0.25, 0.3) is 11.4 Å². The Hall–Kier alpha value is -3.25. The number of nitriles is 1. The highest BCUT2D eigenvalue weighted by atomic mass is 32.2. The van der Waals surface area contributed by atoms with E-state index in [1.165, 1.54) is 18.3 Å². The Morgan fingerprint density at radius 2 is 1.96 bits per heavy atom. The number of benzene rings is 1. The molecule has 2 heterocycles. The van der Waals surface area contributed by atoms with Crippen LogP contribution in [0.5, 0.6) is 0 Å². The summed E-state index contributed by atoms with van der Waals surface area (Å²) in [7, 11) is -4.16. The summed E-state index contributed by atoms with van der Waals surface area (Å²) in [6, 6.07) is 9.19. The Bertz CT molecular complexity index is 1070. The first-order valence-corrected chi connectivity index (χ1v) is 8.41. The van der Waals surface area contributed by atoms with Crippen molar-refractivity contribution in [1.82, 2.24) is 9.97 Å². The third kappa shape index (κ3) is 3.34. The molecule has 0 aliphatic heterocycles. The first-order valence-electron chi connectivity index (χ1n) is 6.92. The van der Waals surface area contributed by atoms with Gasteiger partial charge in [-0.2, -0.15) is 5.26 Å². The quantitative estimate of drug-likeness (QED) is 0.747. The molecule has 0 aliphatic rings. The molecule has 9 heteroatoms. The van der Waals surface area contributed by atoms with E-state index in [2.05, 4.69) is 9.97 Å². The van der Waals surface area contributed by atoms with Crippen LogP contribution < -0.4 is 4.72 Å². The largest absolute Gasteiger partial charge is 0.359 e. The molecule has 2 N–H and O–H groups in total. The zero-order valence-electron chi connectivity index (χ0n) is 12.5. The molecule has 3 rings (SSSR count). The number of hydrogen-bond donors (Lipinski definition) is 2. The average molecular weight is 360 g/mol. The molecule has 6 nitrogen and oxygen atoms in total. The third-order valence-electron chi connectivity index (χ3n) is 3.33. The third-order valence-corrected chi connectivity index (χ3v) is 4.67. The topological polar surface area (TPSA) is 98.6 Å². The fourth-order valence-corrected chi connectivity index (χ4v) is 3.16. The lowest BCUT2D eigenvalue weighted by Gasteiger charge is -2.08. The van der Waals surface area contributed by atoms with E-state index in [4.69, 9.17) is 5.26 Å². The van der Waals surface area contributed by atoms with Gasteiger partial charge in [-0.25, -0.2) is 17.2 Å². The van der Waals surface area contributed by atoms with Gasteiger partial charge in [-0.15, -0.1) is 0 Å². The first-order chi connectivity index (χ1) is 11.9. The maximum Gasteiger partial charge on any atom is 0.263 e. The molecule has 0 radical (unpaired) electrons. The fourth-order valence-electron chi connectivity index (χ4n) is 2.11. The van der Waals surface area contributed by atoms with Crippen LogP contribution in [-0.2, 0) is 10.0 Å². The summed E-state index contributed by atoms with van der Waals surface area (Å²) in [4.78, 5) is 6.68. The maximum atomic E-state index is 13.9. The van der Waals surface area contributed by atoms with Crippen LogP contribution in [0, 0.1) is 23.0 Å². The second-order valence-electron chi connectivity index (χ2n) is 4.99. The van der Waals surface area contributed by atoms with Crippen LogP contribution in [0.2, 0.25) is 0 Å². The van der Waals surface area contributed by atoms with E-state index in [-0.39, 0.29) is 4.90 Å². The van der Waals surface area contributed by atoms with Crippen molar-refractivity contribution in [3.05, 3.63) is 66.0 Å².